The number of hydrogen-bond donors (Lipinski definition) is 2. The van der Waals surface area contributed by atoms with Gasteiger partial charge in [0.05, 0.1) is 13.2 Å². The summed E-state index contributed by atoms with van der Waals surface area (Å²) in [7, 11) is 3.15. The zero-order valence-electron chi connectivity index (χ0n) is 9.50. The molecule has 0 heterocycles. The van der Waals surface area contributed by atoms with Gasteiger partial charge in [0, 0.05) is 19.3 Å². The highest BCUT2D eigenvalue weighted by molar-refractivity contribution is 5.36. The lowest BCUT2D eigenvalue weighted by atomic mass is 10.0. The van der Waals surface area contributed by atoms with Crippen molar-refractivity contribution < 1.29 is 13.9 Å². The van der Waals surface area contributed by atoms with Crippen molar-refractivity contribution in [1.29, 1.82) is 0 Å². The summed E-state index contributed by atoms with van der Waals surface area (Å²) in [5.74, 6) is 5.74. The fourth-order valence-corrected chi connectivity index (χ4v) is 1.54. The number of hydrogen-bond acceptors (Lipinski definition) is 4. The molecule has 1 atom stereocenters. The van der Waals surface area contributed by atoms with E-state index in [1.54, 1.807) is 20.3 Å². The van der Waals surface area contributed by atoms with Crippen LogP contribution in [0.3, 0.4) is 0 Å². The molecule has 16 heavy (non-hydrogen) atoms. The predicted octanol–water partition coefficient (Wildman–Crippen LogP) is 1.38. The molecule has 0 aliphatic heterocycles. The maximum absolute atomic E-state index is 13.1. The molecule has 3 N–H and O–H groups in total. The summed E-state index contributed by atoms with van der Waals surface area (Å²) in [6, 6.07) is 4.16. The van der Waals surface area contributed by atoms with E-state index >= 15 is 0 Å². The summed E-state index contributed by atoms with van der Waals surface area (Å²) in [5, 5.41) is 0. The summed E-state index contributed by atoms with van der Waals surface area (Å²) in [4.78, 5) is 0. The lowest BCUT2D eigenvalue weighted by Gasteiger charge is -2.18. The summed E-state index contributed by atoms with van der Waals surface area (Å²) in [6.07, 6.45) is 0.646. The average Bonchev–Trinajstić information content (AvgIpc) is 2.30. The molecule has 1 aromatic carbocycles. The highest BCUT2D eigenvalue weighted by atomic mass is 19.1. The number of ether oxygens (including phenoxy) is 2. The van der Waals surface area contributed by atoms with E-state index in [2.05, 4.69) is 5.43 Å². The maximum Gasteiger partial charge on any atom is 0.123 e. The van der Waals surface area contributed by atoms with Crippen molar-refractivity contribution in [3.63, 3.8) is 0 Å². The second-order valence-electron chi connectivity index (χ2n) is 3.39. The average molecular weight is 228 g/mol. The summed E-state index contributed by atoms with van der Waals surface area (Å²) in [5.41, 5.74) is 3.32. The first-order chi connectivity index (χ1) is 7.72. The molecule has 0 spiro atoms. The quantitative estimate of drug-likeness (QED) is 0.570. The van der Waals surface area contributed by atoms with Crippen LogP contribution in [0.5, 0.6) is 5.75 Å². The second-order valence-corrected chi connectivity index (χ2v) is 3.39. The predicted molar refractivity (Wildman–Crippen MR) is 59.5 cm³/mol. The van der Waals surface area contributed by atoms with Crippen LogP contribution in [-0.2, 0) is 4.74 Å². The molecule has 1 unspecified atom stereocenters. The molecule has 0 aliphatic rings. The molecule has 4 nitrogen and oxygen atoms in total. The Kier molecular flexibility index (Phi) is 5.18. The van der Waals surface area contributed by atoms with Gasteiger partial charge in [-0.1, -0.05) is 0 Å². The van der Waals surface area contributed by atoms with E-state index in [4.69, 9.17) is 15.3 Å². The van der Waals surface area contributed by atoms with Gasteiger partial charge in [-0.05, 0) is 24.6 Å². The number of methoxy groups -OCH3 is 2. The van der Waals surface area contributed by atoms with E-state index in [1.807, 2.05) is 0 Å². The lowest BCUT2D eigenvalue weighted by molar-refractivity contribution is 0.182. The molecular weight excluding hydrogens is 211 g/mol. The third kappa shape index (κ3) is 3.16. The van der Waals surface area contributed by atoms with E-state index in [-0.39, 0.29) is 11.9 Å². The van der Waals surface area contributed by atoms with Gasteiger partial charge in [-0.25, -0.2) is 4.39 Å². The minimum absolute atomic E-state index is 0.189. The zero-order chi connectivity index (χ0) is 12.0. The first-order valence-electron chi connectivity index (χ1n) is 5.01. The highest BCUT2D eigenvalue weighted by Gasteiger charge is 2.15. The summed E-state index contributed by atoms with van der Waals surface area (Å²) >= 11 is 0. The number of rotatable bonds is 6. The van der Waals surface area contributed by atoms with Gasteiger partial charge in [0.25, 0.3) is 0 Å². The molecule has 0 saturated heterocycles. The molecule has 0 fully saturated rings. The number of nitrogens with two attached hydrogens (primary N) is 1. The largest absolute Gasteiger partial charge is 0.496 e. The molecule has 1 aromatic rings. The van der Waals surface area contributed by atoms with Crippen LogP contribution in [-0.4, -0.2) is 20.8 Å². The van der Waals surface area contributed by atoms with Gasteiger partial charge >= 0.3 is 0 Å². The van der Waals surface area contributed by atoms with Crippen molar-refractivity contribution in [1.82, 2.24) is 5.43 Å². The van der Waals surface area contributed by atoms with Crippen LogP contribution >= 0.6 is 0 Å². The standard InChI is InChI=1S/C11H17FN2O2/c1-15-6-5-10(14-13)9-7-8(12)3-4-11(9)16-2/h3-4,7,10,14H,5-6,13H2,1-2H3. The fourth-order valence-electron chi connectivity index (χ4n) is 1.54. The Morgan fingerprint density at radius 3 is 2.75 bits per heavy atom. The van der Waals surface area contributed by atoms with Crippen LogP contribution in [0.4, 0.5) is 4.39 Å². The Bertz CT molecular complexity index is 334. The zero-order valence-corrected chi connectivity index (χ0v) is 9.50. The minimum atomic E-state index is -0.312. The third-order valence-electron chi connectivity index (χ3n) is 2.38. The van der Waals surface area contributed by atoms with Gasteiger partial charge in [0.1, 0.15) is 11.6 Å². The van der Waals surface area contributed by atoms with Crippen molar-refractivity contribution in [2.24, 2.45) is 5.84 Å². The Labute approximate surface area is 94.5 Å². The van der Waals surface area contributed by atoms with Crippen molar-refractivity contribution >= 4 is 0 Å². The summed E-state index contributed by atoms with van der Waals surface area (Å²) < 4.78 is 23.3. The topological polar surface area (TPSA) is 56.5 Å². The van der Waals surface area contributed by atoms with Gasteiger partial charge in [0.2, 0.25) is 0 Å². The smallest absolute Gasteiger partial charge is 0.123 e. The van der Waals surface area contributed by atoms with Crippen LogP contribution in [0.25, 0.3) is 0 Å². The number of halogens is 1. The molecule has 0 amide bonds. The molecule has 0 aromatic heterocycles. The van der Waals surface area contributed by atoms with Crippen LogP contribution in [0.2, 0.25) is 0 Å². The van der Waals surface area contributed by atoms with Gasteiger partial charge in [0.15, 0.2) is 0 Å². The van der Waals surface area contributed by atoms with Crippen LogP contribution in [0.1, 0.15) is 18.0 Å². The number of nitrogens with one attached hydrogen (secondary N) is 1. The Morgan fingerprint density at radius 2 is 2.19 bits per heavy atom. The molecule has 1 rings (SSSR count). The SMILES string of the molecule is COCCC(NN)c1cc(F)ccc1OC. The molecule has 0 saturated carbocycles. The van der Waals surface area contributed by atoms with Crippen LogP contribution in [0, 0.1) is 5.82 Å². The van der Waals surface area contributed by atoms with Gasteiger partial charge < -0.3 is 9.47 Å². The Hall–Kier alpha value is -1.17. The first-order valence-corrected chi connectivity index (χ1v) is 5.01. The summed E-state index contributed by atoms with van der Waals surface area (Å²) in [6.45, 7) is 0.536. The monoisotopic (exact) mass is 228 g/mol. The van der Waals surface area contributed by atoms with E-state index in [0.29, 0.717) is 24.3 Å². The van der Waals surface area contributed by atoms with Crippen molar-refractivity contribution in [3.8, 4) is 5.75 Å². The van der Waals surface area contributed by atoms with Gasteiger partial charge in [-0.3, -0.25) is 11.3 Å². The maximum atomic E-state index is 13.1. The van der Waals surface area contributed by atoms with E-state index in [9.17, 15) is 4.39 Å². The molecule has 0 bridgehead atoms. The van der Waals surface area contributed by atoms with Gasteiger partial charge in [-0.2, -0.15) is 0 Å². The van der Waals surface area contributed by atoms with Gasteiger partial charge in [-0.15, -0.1) is 0 Å². The van der Waals surface area contributed by atoms with E-state index < -0.39 is 0 Å². The lowest BCUT2D eigenvalue weighted by Crippen LogP contribution is -2.29. The van der Waals surface area contributed by atoms with Crippen molar-refractivity contribution in [2.75, 3.05) is 20.8 Å². The van der Waals surface area contributed by atoms with Crippen LogP contribution in [0.15, 0.2) is 18.2 Å². The van der Waals surface area contributed by atoms with E-state index in [0.717, 1.165) is 0 Å². The van der Waals surface area contributed by atoms with E-state index in [1.165, 1.54) is 12.1 Å². The molecular formula is C11H17FN2O2. The normalized spacial score (nSPS) is 12.5. The minimum Gasteiger partial charge on any atom is -0.496 e. The molecule has 90 valence electrons. The third-order valence-corrected chi connectivity index (χ3v) is 2.38. The molecule has 5 heteroatoms. The van der Waals surface area contributed by atoms with Crippen molar-refractivity contribution in [3.05, 3.63) is 29.6 Å². The first kappa shape index (κ1) is 12.9. The molecule has 0 aliphatic carbocycles. The number of benzene rings is 1. The number of hydrazine groups is 1. The molecule has 0 radical (unpaired) electrons. The van der Waals surface area contributed by atoms with Crippen molar-refractivity contribution in [2.45, 2.75) is 12.5 Å². The van der Waals surface area contributed by atoms with Crippen LogP contribution < -0.4 is 16.0 Å². The Balaban J connectivity index is 2.92. The highest BCUT2D eigenvalue weighted by Crippen LogP contribution is 2.27. The second kappa shape index (κ2) is 6.42. The fraction of sp³-hybridized carbons (Fsp3) is 0.455. The Morgan fingerprint density at radius 1 is 1.44 bits per heavy atom.